The van der Waals surface area contributed by atoms with Crippen molar-refractivity contribution >= 4 is 22.7 Å². The van der Waals surface area contributed by atoms with E-state index >= 15 is 0 Å². The monoisotopic (exact) mass is 390 g/mol. The van der Waals surface area contributed by atoms with Gasteiger partial charge in [-0.25, -0.2) is 0 Å². The zero-order chi connectivity index (χ0) is 20.2. The van der Waals surface area contributed by atoms with Gasteiger partial charge in [0.2, 0.25) is 0 Å². The van der Waals surface area contributed by atoms with Crippen molar-refractivity contribution in [3.8, 4) is 0 Å². The molecule has 0 amide bonds. The molecule has 1 N–H and O–H groups in total. The average molecular weight is 390 g/mol. The third-order valence-corrected chi connectivity index (χ3v) is 5.73. The molecule has 2 aromatic carbocycles. The second kappa shape index (κ2) is 8.62. The summed E-state index contributed by atoms with van der Waals surface area (Å²) in [6.07, 6.45) is 3.24. The summed E-state index contributed by atoms with van der Waals surface area (Å²) < 4.78 is 5.19. The molecule has 3 aromatic rings. The number of aromatic amines is 1. The minimum absolute atomic E-state index is 0.0779. The Morgan fingerprint density at radius 1 is 1.07 bits per heavy atom. The lowest BCUT2D eigenvalue weighted by Gasteiger charge is -2.36. The van der Waals surface area contributed by atoms with Gasteiger partial charge in [0, 0.05) is 35.8 Å². The SMILES string of the molecule is CCOC(=O)C1CCN([C@H](C(=O)c2c[nH]c3ccccc23)c2ccccc2)CC1. The van der Waals surface area contributed by atoms with E-state index in [0.717, 1.165) is 16.5 Å². The fourth-order valence-electron chi connectivity index (χ4n) is 4.24. The molecule has 5 nitrogen and oxygen atoms in total. The molecular formula is C24H26N2O3. The summed E-state index contributed by atoms with van der Waals surface area (Å²) in [4.78, 5) is 31.2. The van der Waals surface area contributed by atoms with Gasteiger partial charge in [0.1, 0.15) is 0 Å². The maximum Gasteiger partial charge on any atom is 0.309 e. The lowest BCUT2D eigenvalue weighted by Crippen LogP contribution is -2.42. The van der Waals surface area contributed by atoms with Crippen LogP contribution in [0.4, 0.5) is 0 Å². The fourth-order valence-corrected chi connectivity index (χ4v) is 4.24. The number of aromatic nitrogens is 1. The zero-order valence-electron chi connectivity index (χ0n) is 16.6. The number of carbonyl (C=O) groups is 2. The Morgan fingerprint density at radius 2 is 1.76 bits per heavy atom. The average Bonchev–Trinajstić information content (AvgIpc) is 3.19. The van der Waals surface area contributed by atoms with E-state index < -0.39 is 0 Å². The van der Waals surface area contributed by atoms with Crippen molar-refractivity contribution in [3.05, 3.63) is 71.9 Å². The lowest BCUT2D eigenvalue weighted by molar-refractivity contribution is -0.149. The molecular weight excluding hydrogens is 364 g/mol. The Kier molecular flexibility index (Phi) is 5.76. The quantitative estimate of drug-likeness (QED) is 0.502. The van der Waals surface area contributed by atoms with Crippen molar-refractivity contribution in [1.29, 1.82) is 0 Å². The van der Waals surface area contributed by atoms with Crippen LogP contribution < -0.4 is 0 Å². The van der Waals surface area contributed by atoms with Gasteiger partial charge in [-0.1, -0.05) is 48.5 Å². The molecule has 2 heterocycles. The van der Waals surface area contributed by atoms with Gasteiger partial charge >= 0.3 is 5.97 Å². The van der Waals surface area contributed by atoms with Gasteiger partial charge in [0.05, 0.1) is 18.6 Å². The predicted molar refractivity (Wildman–Crippen MR) is 113 cm³/mol. The molecule has 150 valence electrons. The Bertz CT molecular complexity index is 988. The molecule has 1 atom stereocenters. The molecule has 1 aliphatic heterocycles. The van der Waals surface area contributed by atoms with Gasteiger partial charge in [-0.2, -0.15) is 0 Å². The summed E-state index contributed by atoms with van der Waals surface area (Å²) in [5.41, 5.74) is 2.66. The Morgan fingerprint density at radius 3 is 2.48 bits per heavy atom. The summed E-state index contributed by atoms with van der Waals surface area (Å²) >= 11 is 0. The third-order valence-electron chi connectivity index (χ3n) is 5.73. The van der Waals surface area contributed by atoms with E-state index in [9.17, 15) is 9.59 Å². The van der Waals surface area contributed by atoms with Crippen LogP contribution in [-0.2, 0) is 9.53 Å². The molecule has 29 heavy (non-hydrogen) atoms. The maximum absolute atomic E-state index is 13.7. The van der Waals surface area contributed by atoms with Crippen molar-refractivity contribution < 1.29 is 14.3 Å². The number of esters is 1. The minimum Gasteiger partial charge on any atom is -0.466 e. The van der Waals surface area contributed by atoms with Crippen LogP contribution in [0.2, 0.25) is 0 Å². The number of H-pyrrole nitrogens is 1. The zero-order valence-corrected chi connectivity index (χ0v) is 16.6. The molecule has 1 aromatic heterocycles. The first-order valence-electron chi connectivity index (χ1n) is 10.2. The van der Waals surface area contributed by atoms with Crippen LogP contribution in [0.1, 0.15) is 41.7 Å². The van der Waals surface area contributed by atoms with Crippen molar-refractivity contribution in [2.24, 2.45) is 5.92 Å². The first-order chi connectivity index (χ1) is 14.2. The number of ether oxygens (including phenoxy) is 1. The Balaban J connectivity index is 1.62. The number of nitrogens with zero attached hydrogens (tertiary/aromatic N) is 1. The van der Waals surface area contributed by atoms with Crippen molar-refractivity contribution in [2.45, 2.75) is 25.8 Å². The number of likely N-dealkylation sites (tertiary alicyclic amines) is 1. The van der Waals surface area contributed by atoms with Gasteiger partial charge in [0.15, 0.2) is 5.78 Å². The lowest BCUT2D eigenvalue weighted by atomic mass is 9.91. The second-order valence-corrected chi connectivity index (χ2v) is 7.49. The highest BCUT2D eigenvalue weighted by Crippen LogP contribution is 2.32. The van der Waals surface area contributed by atoms with Gasteiger partial charge in [0.25, 0.3) is 0 Å². The molecule has 0 unspecified atom stereocenters. The van der Waals surface area contributed by atoms with Gasteiger partial charge < -0.3 is 9.72 Å². The number of para-hydroxylation sites is 1. The molecule has 1 aliphatic rings. The molecule has 0 saturated carbocycles. The van der Waals surface area contributed by atoms with Crippen molar-refractivity contribution in [2.75, 3.05) is 19.7 Å². The molecule has 0 bridgehead atoms. The molecule has 5 heteroatoms. The smallest absolute Gasteiger partial charge is 0.309 e. The van der Waals surface area contributed by atoms with Crippen LogP contribution in [0.3, 0.4) is 0 Å². The van der Waals surface area contributed by atoms with E-state index in [1.807, 2.05) is 67.7 Å². The van der Waals surface area contributed by atoms with Gasteiger partial charge in [-0.15, -0.1) is 0 Å². The van der Waals surface area contributed by atoms with Crippen LogP contribution in [0.5, 0.6) is 0 Å². The number of hydrogen-bond acceptors (Lipinski definition) is 4. The van der Waals surface area contributed by atoms with Gasteiger partial charge in [-0.05, 0) is 31.4 Å². The highest BCUT2D eigenvalue weighted by Gasteiger charge is 2.34. The van der Waals surface area contributed by atoms with Crippen LogP contribution in [0.25, 0.3) is 10.9 Å². The molecule has 1 saturated heterocycles. The number of hydrogen-bond donors (Lipinski definition) is 1. The van der Waals surface area contributed by atoms with E-state index in [4.69, 9.17) is 4.74 Å². The normalized spacial score (nSPS) is 16.6. The number of benzene rings is 2. The van der Waals surface area contributed by atoms with Crippen LogP contribution >= 0.6 is 0 Å². The fraction of sp³-hybridized carbons (Fsp3) is 0.333. The van der Waals surface area contributed by atoms with Crippen LogP contribution in [-0.4, -0.2) is 41.3 Å². The molecule has 0 spiro atoms. The predicted octanol–water partition coefficient (Wildman–Crippen LogP) is 4.37. The molecule has 0 aliphatic carbocycles. The highest BCUT2D eigenvalue weighted by molar-refractivity contribution is 6.10. The molecule has 0 radical (unpaired) electrons. The summed E-state index contributed by atoms with van der Waals surface area (Å²) in [6, 6.07) is 17.4. The standard InChI is InChI=1S/C24H26N2O3/c1-2-29-24(28)18-12-14-26(15-13-18)22(17-8-4-3-5-9-17)23(27)20-16-25-21-11-7-6-10-19(20)21/h3-11,16,18,22,25H,2,12-15H2,1H3/t22-/m0/s1. The first kappa shape index (κ1) is 19.4. The summed E-state index contributed by atoms with van der Waals surface area (Å²) in [5, 5.41) is 0.944. The van der Waals surface area contributed by atoms with Crippen LogP contribution in [0.15, 0.2) is 60.8 Å². The maximum atomic E-state index is 13.7. The minimum atomic E-state index is -0.362. The summed E-state index contributed by atoms with van der Waals surface area (Å²) in [5.74, 6) is -0.111. The van der Waals surface area contributed by atoms with Crippen LogP contribution in [0, 0.1) is 5.92 Å². The largest absolute Gasteiger partial charge is 0.466 e. The molecule has 4 rings (SSSR count). The summed E-state index contributed by atoms with van der Waals surface area (Å²) in [7, 11) is 0. The van der Waals surface area contributed by atoms with E-state index in [0.29, 0.717) is 38.1 Å². The number of Topliss-reactive ketones (excluding diaryl/α,β-unsaturated/α-hetero) is 1. The number of ketones is 1. The third kappa shape index (κ3) is 3.96. The van der Waals surface area contributed by atoms with E-state index in [-0.39, 0.29) is 23.7 Å². The number of fused-ring (bicyclic) bond motifs is 1. The highest BCUT2D eigenvalue weighted by atomic mass is 16.5. The van der Waals surface area contributed by atoms with Gasteiger partial charge in [-0.3, -0.25) is 14.5 Å². The first-order valence-corrected chi connectivity index (χ1v) is 10.2. The number of nitrogens with one attached hydrogen (secondary N) is 1. The summed E-state index contributed by atoms with van der Waals surface area (Å²) in [6.45, 7) is 3.62. The number of rotatable bonds is 6. The van der Waals surface area contributed by atoms with E-state index in [2.05, 4.69) is 9.88 Å². The Hall–Kier alpha value is -2.92. The van der Waals surface area contributed by atoms with Crippen molar-refractivity contribution in [1.82, 2.24) is 9.88 Å². The van der Waals surface area contributed by atoms with E-state index in [1.54, 1.807) is 0 Å². The number of carbonyl (C=O) groups excluding carboxylic acids is 2. The topological polar surface area (TPSA) is 62.4 Å². The van der Waals surface area contributed by atoms with Crippen molar-refractivity contribution in [3.63, 3.8) is 0 Å². The molecule has 1 fully saturated rings. The van der Waals surface area contributed by atoms with E-state index in [1.165, 1.54) is 0 Å². The second-order valence-electron chi connectivity index (χ2n) is 7.49. The Labute approximate surface area is 170 Å². The number of piperidine rings is 1.